The molecule has 1 rings (SSSR count). The number of benzene rings is 1. The van der Waals surface area contributed by atoms with E-state index >= 15 is 0 Å². The highest BCUT2D eigenvalue weighted by Crippen LogP contribution is 2.13. The summed E-state index contributed by atoms with van der Waals surface area (Å²) in [5, 5.41) is 36.9. The number of hydrogen-bond donors (Lipinski definition) is 5. The van der Waals surface area contributed by atoms with Crippen molar-refractivity contribution in [2.24, 2.45) is 5.73 Å². The minimum atomic E-state index is -1.17. The average molecular weight is 227 g/mol. The van der Waals surface area contributed by atoms with Gasteiger partial charge in [-0.2, -0.15) is 0 Å². The molecule has 0 fully saturated rings. The molecule has 16 heavy (non-hydrogen) atoms. The zero-order valence-electron chi connectivity index (χ0n) is 8.82. The first kappa shape index (κ1) is 12.9. The maximum absolute atomic E-state index is 9.64. The van der Waals surface area contributed by atoms with E-state index in [0.717, 1.165) is 5.56 Å². The Morgan fingerprint density at radius 3 is 2.19 bits per heavy atom. The number of hydrogen-bond acceptors (Lipinski definition) is 5. The fourth-order valence-electron chi connectivity index (χ4n) is 1.39. The first-order valence-electron chi connectivity index (χ1n) is 5.05. The molecule has 0 aliphatic carbocycles. The van der Waals surface area contributed by atoms with E-state index in [-0.39, 0.29) is 18.8 Å². The Balaban J connectivity index is 2.56. The summed E-state index contributed by atoms with van der Waals surface area (Å²) in [6, 6.07) is 5.44. The van der Waals surface area contributed by atoms with Crippen LogP contribution in [0.3, 0.4) is 0 Å². The Morgan fingerprint density at radius 2 is 1.69 bits per heavy atom. The first-order valence-corrected chi connectivity index (χ1v) is 5.05. The molecule has 0 aromatic heterocycles. The molecular formula is C11H17NO4. The standard InChI is InChI=1S/C11H17NO4/c12-9(6-13)11(16)10(15)5-7-1-3-8(14)4-2-7/h1-4,9-11,13-16H,5-6,12H2/t9-,10-,11-/m1/s1. The number of phenols is 1. The van der Waals surface area contributed by atoms with Crippen molar-refractivity contribution in [2.75, 3.05) is 6.61 Å². The van der Waals surface area contributed by atoms with Crippen molar-refractivity contribution in [2.45, 2.75) is 24.7 Å². The zero-order valence-corrected chi connectivity index (χ0v) is 8.82. The third-order valence-electron chi connectivity index (χ3n) is 2.42. The van der Waals surface area contributed by atoms with Crippen LogP contribution in [0.5, 0.6) is 5.75 Å². The Hall–Kier alpha value is -1.14. The summed E-state index contributed by atoms with van der Waals surface area (Å²) in [5.41, 5.74) is 6.17. The lowest BCUT2D eigenvalue weighted by molar-refractivity contribution is -0.00650. The van der Waals surface area contributed by atoms with Gasteiger partial charge < -0.3 is 26.2 Å². The SMILES string of the molecule is N[C@H](CO)[C@@H](O)[C@H](O)Cc1ccc(O)cc1. The molecule has 5 nitrogen and oxygen atoms in total. The highest BCUT2D eigenvalue weighted by atomic mass is 16.3. The van der Waals surface area contributed by atoms with Crippen LogP contribution < -0.4 is 5.73 Å². The quantitative estimate of drug-likeness (QED) is 0.442. The number of aromatic hydroxyl groups is 1. The van der Waals surface area contributed by atoms with Crippen LogP contribution in [-0.4, -0.2) is 45.3 Å². The summed E-state index contributed by atoms with van der Waals surface area (Å²) in [6.45, 7) is -0.381. The van der Waals surface area contributed by atoms with Gasteiger partial charge in [-0.3, -0.25) is 0 Å². The third kappa shape index (κ3) is 3.46. The Kier molecular flexibility index (Phi) is 4.70. The van der Waals surface area contributed by atoms with Crippen LogP contribution in [0.2, 0.25) is 0 Å². The third-order valence-corrected chi connectivity index (χ3v) is 2.42. The lowest BCUT2D eigenvalue weighted by Crippen LogP contribution is -2.46. The van der Waals surface area contributed by atoms with Gasteiger partial charge in [0.05, 0.1) is 24.9 Å². The maximum Gasteiger partial charge on any atom is 0.115 e. The second-order valence-corrected chi connectivity index (χ2v) is 3.77. The molecule has 90 valence electrons. The van der Waals surface area contributed by atoms with Crippen molar-refractivity contribution in [3.8, 4) is 5.75 Å². The molecule has 0 unspecified atom stereocenters. The van der Waals surface area contributed by atoms with Gasteiger partial charge in [0.25, 0.3) is 0 Å². The second-order valence-electron chi connectivity index (χ2n) is 3.77. The van der Waals surface area contributed by atoms with Gasteiger partial charge in [-0.05, 0) is 17.7 Å². The summed E-state index contributed by atoms with van der Waals surface area (Å²) < 4.78 is 0. The number of aliphatic hydroxyl groups excluding tert-OH is 3. The van der Waals surface area contributed by atoms with E-state index in [4.69, 9.17) is 15.9 Å². The highest BCUT2D eigenvalue weighted by Gasteiger charge is 2.22. The van der Waals surface area contributed by atoms with E-state index in [1.807, 2.05) is 0 Å². The van der Waals surface area contributed by atoms with Gasteiger partial charge in [-0.15, -0.1) is 0 Å². The molecule has 0 amide bonds. The molecule has 0 aliphatic rings. The summed E-state index contributed by atoms with van der Waals surface area (Å²) in [7, 11) is 0. The fourth-order valence-corrected chi connectivity index (χ4v) is 1.39. The van der Waals surface area contributed by atoms with Gasteiger partial charge in [0.15, 0.2) is 0 Å². The zero-order chi connectivity index (χ0) is 12.1. The monoisotopic (exact) mass is 227 g/mol. The number of aliphatic hydroxyl groups is 3. The molecular weight excluding hydrogens is 210 g/mol. The molecule has 0 saturated carbocycles. The Bertz CT molecular complexity index is 314. The molecule has 0 saturated heterocycles. The first-order chi connectivity index (χ1) is 7.54. The van der Waals surface area contributed by atoms with Crippen molar-refractivity contribution in [1.82, 2.24) is 0 Å². The normalized spacial score (nSPS) is 16.8. The second kappa shape index (κ2) is 5.81. The lowest BCUT2D eigenvalue weighted by atomic mass is 10.00. The number of rotatable bonds is 5. The van der Waals surface area contributed by atoms with Gasteiger partial charge in [0, 0.05) is 6.42 Å². The van der Waals surface area contributed by atoms with Crippen molar-refractivity contribution in [1.29, 1.82) is 0 Å². The minimum Gasteiger partial charge on any atom is -0.508 e. The van der Waals surface area contributed by atoms with Crippen molar-refractivity contribution >= 4 is 0 Å². The van der Waals surface area contributed by atoms with Gasteiger partial charge in [-0.25, -0.2) is 0 Å². The smallest absolute Gasteiger partial charge is 0.115 e. The van der Waals surface area contributed by atoms with Gasteiger partial charge in [0.2, 0.25) is 0 Å². The van der Waals surface area contributed by atoms with Crippen LogP contribution in [0.25, 0.3) is 0 Å². The molecule has 3 atom stereocenters. The topological polar surface area (TPSA) is 107 Å². The molecule has 0 bridgehead atoms. The van der Waals surface area contributed by atoms with Crippen LogP contribution in [0.4, 0.5) is 0 Å². The largest absolute Gasteiger partial charge is 0.508 e. The lowest BCUT2D eigenvalue weighted by Gasteiger charge is -2.22. The predicted molar refractivity (Wildman–Crippen MR) is 58.9 cm³/mol. The van der Waals surface area contributed by atoms with Gasteiger partial charge in [-0.1, -0.05) is 12.1 Å². The van der Waals surface area contributed by atoms with E-state index in [1.54, 1.807) is 12.1 Å². The highest BCUT2D eigenvalue weighted by molar-refractivity contribution is 5.26. The summed E-state index contributed by atoms with van der Waals surface area (Å²) in [4.78, 5) is 0. The Morgan fingerprint density at radius 1 is 1.12 bits per heavy atom. The van der Waals surface area contributed by atoms with E-state index in [9.17, 15) is 10.2 Å². The van der Waals surface area contributed by atoms with Crippen LogP contribution in [0.15, 0.2) is 24.3 Å². The van der Waals surface area contributed by atoms with E-state index < -0.39 is 18.2 Å². The van der Waals surface area contributed by atoms with E-state index in [1.165, 1.54) is 12.1 Å². The summed E-state index contributed by atoms with van der Waals surface area (Å²) in [5.74, 6) is 0.144. The van der Waals surface area contributed by atoms with Crippen LogP contribution in [0.1, 0.15) is 5.56 Å². The molecule has 0 aliphatic heterocycles. The molecule has 0 spiro atoms. The van der Waals surface area contributed by atoms with E-state index in [2.05, 4.69) is 0 Å². The maximum atomic E-state index is 9.64. The number of phenolic OH excluding ortho intramolecular Hbond substituents is 1. The molecule has 0 radical (unpaired) electrons. The molecule has 0 heterocycles. The summed E-state index contributed by atoms with van der Waals surface area (Å²) >= 11 is 0. The molecule has 1 aromatic rings. The molecule has 1 aromatic carbocycles. The van der Waals surface area contributed by atoms with Crippen molar-refractivity contribution in [3.63, 3.8) is 0 Å². The van der Waals surface area contributed by atoms with Gasteiger partial charge >= 0.3 is 0 Å². The van der Waals surface area contributed by atoms with Crippen molar-refractivity contribution in [3.05, 3.63) is 29.8 Å². The van der Waals surface area contributed by atoms with E-state index in [0.29, 0.717) is 0 Å². The Labute approximate surface area is 93.8 Å². The average Bonchev–Trinajstić information content (AvgIpc) is 2.30. The minimum absolute atomic E-state index is 0.144. The van der Waals surface area contributed by atoms with Gasteiger partial charge in [0.1, 0.15) is 5.75 Å². The molecule has 6 N–H and O–H groups in total. The number of nitrogens with two attached hydrogens (primary N) is 1. The molecule has 5 heteroatoms. The summed E-state index contributed by atoms with van der Waals surface area (Å²) in [6.07, 6.45) is -1.99. The fraction of sp³-hybridized carbons (Fsp3) is 0.455. The van der Waals surface area contributed by atoms with Crippen LogP contribution in [0, 0.1) is 0 Å². The predicted octanol–water partition coefficient (Wildman–Crippen LogP) is -1.02. The van der Waals surface area contributed by atoms with Crippen LogP contribution >= 0.6 is 0 Å². The van der Waals surface area contributed by atoms with Crippen LogP contribution in [-0.2, 0) is 6.42 Å². The van der Waals surface area contributed by atoms with Crippen molar-refractivity contribution < 1.29 is 20.4 Å².